The smallest absolute Gasteiger partial charge is 0.323 e. The molecule has 0 radical (unpaired) electrons. The van der Waals surface area contributed by atoms with Crippen molar-refractivity contribution in [2.24, 2.45) is 11.7 Å². The van der Waals surface area contributed by atoms with Crippen molar-refractivity contribution < 1.29 is 19.5 Å². The van der Waals surface area contributed by atoms with Crippen LogP contribution in [-0.2, 0) is 9.59 Å². The molecule has 0 unspecified atom stereocenters. The highest BCUT2D eigenvalue weighted by atomic mass is 16.4. The maximum Gasteiger partial charge on any atom is 0.323 e. The Labute approximate surface area is 124 Å². The van der Waals surface area contributed by atoms with Crippen LogP contribution in [0, 0.1) is 5.92 Å². The Hall–Kier alpha value is -1.83. The summed E-state index contributed by atoms with van der Waals surface area (Å²) in [4.78, 5) is 38.8. The van der Waals surface area contributed by atoms with Crippen LogP contribution in [0.4, 0.5) is 4.79 Å². The van der Waals surface area contributed by atoms with E-state index in [-0.39, 0.29) is 6.54 Å². The van der Waals surface area contributed by atoms with E-state index < -0.39 is 24.5 Å². The van der Waals surface area contributed by atoms with Crippen LogP contribution >= 0.6 is 0 Å². The summed E-state index contributed by atoms with van der Waals surface area (Å²) in [5, 5.41) is 8.81. The molecule has 0 atom stereocenters. The summed E-state index contributed by atoms with van der Waals surface area (Å²) in [7, 11) is 0. The standard InChI is InChI=1S/C13H24N4O4/c1-10(2)7-15-3-5-16(6-4-15)13(21)17(8-11(14)18)9-12(19)20/h10H,3-9H2,1-2H3,(H2,14,18)(H,19,20). The predicted molar refractivity (Wildman–Crippen MR) is 76.7 cm³/mol. The molecule has 1 aliphatic heterocycles. The number of nitrogens with zero attached hydrogens (tertiary/aromatic N) is 3. The van der Waals surface area contributed by atoms with Gasteiger partial charge in [0, 0.05) is 32.7 Å². The lowest BCUT2D eigenvalue weighted by atomic mass is 10.2. The Morgan fingerprint density at radius 2 is 1.71 bits per heavy atom. The van der Waals surface area contributed by atoms with Crippen molar-refractivity contribution in [1.29, 1.82) is 0 Å². The van der Waals surface area contributed by atoms with Gasteiger partial charge in [0.15, 0.2) is 0 Å². The van der Waals surface area contributed by atoms with Crippen LogP contribution in [0.25, 0.3) is 0 Å². The van der Waals surface area contributed by atoms with Crippen LogP contribution in [0.2, 0.25) is 0 Å². The summed E-state index contributed by atoms with van der Waals surface area (Å²) in [5.41, 5.74) is 5.06. The lowest BCUT2D eigenvalue weighted by Crippen LogP contribution is -2.55. The average molecular weight is 300 g/mol. The summed E-state index contributed by atoms with van der Waals surface area (Å²) in [6, 6.07) is -0.444. The zero-order valence-electron chi connectivity index (χ0n) is 12.6. The Morgan fingerprint density at radius 3 is 2.14 bits per heavy atom. The number of amides is 3. The molecule has 1 rings (SSSR count). The number of primary amides is 1. The fourth-order valence-electron chi connectivity index (χ4n) is 2.38. The Balaban J connectivity index is 2.56. The minimum atomic E-state index is -1.16. The molecule has 0 aromatic rings. The van der Waals surface area contributed by atoms with Crippen molar-refractivity contribution in [2.45, 2.75) is 13.8 Å². The van der Waals surface area contributed by atoms with Gasteiger partial charge in [0.25, 0.3) is 0 Å². The molecule has 3 amide bonds. The summed E-state index contributed by atoms with van der Waals surface area (Å²) < 4.78 is 0. The number of hydrogen-bond donors (Lipinski definition) is 2. The van der Waals surface area contributed by atoms with Gasteiger partial charge in [-0.15, -0.1) is 0 Å². The van der Waals surface area contributed by atoms with Crippen LogP contribution in [0.15, 0.2) is 0 Å². The number of carboxylic acids is 1. The lowest BCUT2D eigenvalue weighted by Gasteiger charge is -2.37. The first-order valence-electron chi connectivity index (χ1n) is 7.06. The van der Waals surface area contributed by atoms with Crippen molar-refractivity contribution >= 4 is 17.9 Å². The molecule has 1 fully saturated rings. The SMILES string of the molecule is CC(C)CN1CCN(C(=O)N(CC(N)=O)CC(=O)O)CC1. The molecule has 21 heavy (non-hydrogen) atoms. The van der Waals surface area contributed by atoms with Gasteiger partial charge in [-0.3, -0.25) is 14.5 Å². The Kier molecular flexibility index (Phi) is 6.41. The molecule has 0 aromatic carbocycles. The maximum atomic E-state index is 12.3. The third-order valence-electron chi connectivity index (χ3n) is 3.21. The van der Waals surface area contributed by atoms with Gasteiger partial charge in [-0.25, -0.2) is 4.79 Å². The number of urea groups is 1. The van der Waals surface area contributed by atoms with Crippen LogP contribution in [0.1, 0.15) is 13.8 Å². The summed E-state index contributed by atoms with van der Waals surface area (Å²) >= 11 is 0. The van der Waals surface area contributed by atoms with E-state index >= 15 is 0 Å². The fraction of sp³-hybridized carbons (Fsp3) is 0.769. The second kappa shape index (κ2) is 7.82. The summed E-state index contributed by atoms with van der Waals surface area (Å²) in [6.07, 6.45) is 0. The van der Waals surface area contributed by atoms with Crippen molar-refractivity contribution in [3.63, 3.8) is 0 Å². The number of piperazine rings is 1. The summed E-state index contributed by atoms with van der Waals surface area (Å²) in [5.74, 6) is -1.32. The van der Waals surface area contributed by atoms with Crippen LogP contribution in [0.3, 0.4) is 0 Å². The molecule has 0 bridgehead atoms. The van der Waals surface area contributed by atoms with Crippen LogP contribution in [-0.4, -0.2) is 83.5 Å². The highest BCUT2D eigenvalue weighted by Crippen LogP contribution is 2.08. The highest BCUT2D eigenvalue weighted by Gasteiger charge is 2.27. The molecule has 3 N–H and O–H groups in total. The number of nitrogens with two attached hydrogens (primary N) is 1. The van der Waals surface area contributed by atoms with Crippen molar-refractivity contribution in [3.8, 4) is 0 Å². The number of carbonyl (C=O) groups is 3. The van der Waals surface area contributed by atoms with E-state index in [9.17, 15) is 14.4 Å². The zero-order chi connectivity index (χ0) is 16.0. The molecule has 1 aliphatic rings. The molecule has 0 aromatic heterocycles. The van der Waals surface area contributed by atoms with Gasteiger partial charge in [0.1, 0.15) is 13.1 Å². The van der Waals surface area contributed by atoms with Gasteiger partial charge in [-0.05, 0) is 5.92 Å². The van der Waals surface area contributed by atoms with E-state index in [0.29, 0.717) is 19.0 Å². The largest absolute Gasteiger partial charge is 0.480 e. The van der Waals surface area contributed by atoms with E-state index in [2.05, 4.69) is 18.7 Å². The highest BCUT2D eigenvalue weighted by molar-refractivity contribution is 5.86. The van der Waals surface area contributed by atoms with Gasteiger partial charge in [0.05, 0.1) is 0 Å². The fourth-order valence-corrected chi connectivity index (χ4v) is 2.38. The normalized spacial score (nSPS) is 16.0. The molecule has 0 spiro atoms. The minimum Gasteiger partial charge on any atom is -0.480 e. The van der Waals surface area contributed by atoms with E-state index in [0.717, 1.165) is 24.5 Å². The quantitative estimate of drug-likeness (QED) is 0.671. The second-order valence-electron chi connectivity index (χ2n) is 5.68. The second-order valence-corrected chi connectivity index (χ2v) is 5.68. The van der Waals surface area contributed by atoms with Gasteiger partial charge >= 0.3 is 12.0 Å². The van der Waals surface area contributed by atoms with Crippen molar-refractivity contribution in [1.82, 2.24) is 14.7 Å². The number of carboxylic acid groups (broad SMARTS) is 1. The monoisotopic (exact) mass is 300 g/mol. The number of carbonyl (C=O) groups excluding carboxylic acids is 2. The first kappa shape index (κ1) is 17.2. The molecule has 0 saturated carbocycles. The van der Waals surface area contributed by atoms with Crippen LogP contribution < -0.4 is 5.73 Å². The van der Waals surface area contributed by atoms with E-state index in [1.54, 1.807) is 4.90 Å². The zero-order valence-corrected chi connectivity index (χ0v) is 12.6. The third kappa shape index (κ3) is 5.99. The van der Waals surface area contributed by atoms with Gasteiger partial charge < -0.3 is 20.6 Å². The van der Waals surface area contributed by atoms with Gasteiger partial charge in [0.2, 0.25) is 5.91 Å². The third-order valence-corrected chi connectivity index (χ3v) is 3.21. The first-order chi connectivity index (χ1) is 9.79. The van der Waals surface area contributed by atoms with E-state index in [1.807, 2.05) is 0 Å². The lowest BCUT2D eigenvalue weighted by molar-refractivity contribution is -0.138. The molecule has 120 valence electrons. The van der Waals surface area contributed by atoms with Gasteiger partial charge in [-0.2, -0.15) is 0 Å². The Bertz CT molecular complexity index is 376. The molecule has 8 nitrogen and oxygen atoms in total. The molecular weight excluding hydrogens is 276 g/mol. The number of hydrogen-bond acceptors (Lipinski definition) is 4. The van der Waals surface area contributed by atoms with E-state index in [4.69, 9.17) is 10.8 Å². The predicted octanol–water partition coefficient (Wildman–Crippen LogP) is -0.748. The summed E-state index contributed by atoms with van der Waals surface area (Å²) in [6.45, 7) is 6.91. The molecule has 8 heteroatoms. The number of aliphatic carboxylic acids is 1. The Morgan fingerprint density at radius 1 is 1.14 bits per heavy atom. The van der Waals surface area contributed by atoms with Crippen molar-refractivity contribution in [2.75, 3.05) is 45.8 Å². The van der Waals surface area contributed by atoms with Gasteiger partial charge in [-0.1, -0.05) is 13.8 Å². The topological polar surface area (TPSA) is 107 Å². The first-order valence-corrected chi connectivity index (χ1v) is 7.06. The average Bonchev–Trinajstić information content (AvgIpc) is 2.36. The number of rotatable bonds is 6. The van der Waals surface area contributed by atoms with Crippen molar-refractivity contribution in [3.05, 3.63) is 0 Å². The maximum absolute atomic E-state index is 12.3. The molecule has 0 aliphatic carbocycles. The molecular formula is C13H24N4O4. The van der Waals surface area contributed by atoms with E-state index in [1.165, 1.54) is 0 Å². The molecule has 1 heterocycles. The minimum absolute atomic E-state index is 0.378. The molecule has 1 saturated heterocycles. The van der Waals surface area contributed by atoms with Crippen LogP contribution in [0.5, 0.6) is 0 Å².